The topological polar surface area (TPSA) is 71.4 Å². The standard InChI is InChI=1S/C8H8O4S/c1-6-2-3-7(5-9)8(4-6)13(10,11)12/h2-5H,1H3,(H,10,11,12). The third kappa shape index (κ3) is 2.13. The van der Waals surface area contributed by atoms with Gasteiger partial charge in [-0.25, -0.2) is 0 Å². The Morgan fingerprint density at radius 1 is 1.38 bits per heavy atom. The van der Waals surface area contributed by atoms with Crippen LogP contribution in [-0.2, 0) is 10.1 Å². The molecule has 0 bridgehead atoms. The first-order chi connectivity index (χ1) is 5.95. The van der Waals surface area contributed by atoms with Crippen molar-refractivity contribution in [3.63, 3.8) is 0 Å². The first kappa shape index (κ1) is 9.88. The molecule has 4 nitrogen and oxygen atoms in total. The molecule has 0 unspecified atom stereocenters. The molecule has 0 fully saturated rings. The zero-order valence-electron chi connectivity index (χ0n) is 6.89. The van der Waals surface area contributed by atoms with Gasteiger partial charge in [0.2, 0.25) is 0 Å². The van der Waals surface area contributed by atoms with E-state index in [1.54, 1.807) is 13.0 Å². The minimum atomic E-state index is -4.30. The van der Waals surface area contributed by atoms with E-state index in [2.05, 4.69) is 0 Å². The Balaban J connectivity index is 3.50. The van der Waals surface area contributed by atoms with Crippen LogP contribution in [-0.4, -0.2) is 19.3 Å². The highest BCUT2D eigenvalue weighted by molar-refractivity contribution is 7.86. The van der Waals surface area contributed by atoms with Crippen molar-refractivity contribution in [2.24, 2.45) is 0 Å². The lowest BCUT2D eigenvalue weighted by molar-refractivity contribution is 0.112. The van der Waals surface area contributed by atoms with E-state index in [9.17, 15) is 13.2 Å². The second-order valence-electron chi connectivity index (χ2n) is 2.63. The molecule has 0 amide bonds. The number of benzene rings is 1. The second kappa shape index (κ2) is 3.27. The number of aryl methyl sites for hydroxylation is 1. The normalized spacial score (nSPS) is 11.2. The minimum Gasteiger partial charge on any atom is -0.298 e. The Bertz CT molecular complexity index is 433. The maximum atomic E-state index is 10.8. The molecular weight excluding hydrogens is 192 g/mol. The summed E-state index contributed by atoms with van der Waals surface area (Å²) >= 11 is 0. The lowest BCUT2D eigenvalue weighted by atomic mass is 10.2. The number of hydrogen-bond donors (Lipinski definition) is 1. The number of aldehydes is 1. The first-order valence-corrected chi connectivity index (χ1v) is 4.92. The SMILES string of the molecule is Cc1ccc(C=O)c(S(=O)(=O)O)c1. The molecule has 0 spiro atoms. The van der Waals surface area contributed by atoms with Gasteiger partial charge < -0.3 is 0 Å². The fraction of sp³-hybridized carbons (Fsp3) is 0.125. The van der Waals surface area contributed by atoms with Crippen LogP contribution < -0.4 is 0 Å². The van der Waals surface area contributed by atoms with Gasteiger partial charge in [-0.05, 0) is 18.6 Å². The van der Waals surface area contributed by atoms with E-state index >= 15 is 0 Å². The molecule has 0 aliphatic heterocycles. The van der Waals surface area contributed by atoms with Crippen molar-refractivity contribution in [2.45, 2.75) is 11.8 Å². The molecule has 1 N–H and O–H groups in total. The van der Waals surface area contributed by atoms with Crippen molar-refractivity contribution in [3.05, 3.63) is 29.3 Å². The van der Waals surface area contributed by atoms with Crippen LogP contribution in [0.15, 0.2) is 23.1 Å². The Kier molecular flexibility index (Phi) is 2.49. The van der Waals surface area contributed by atoms with Crippen molar-refractivity contribution >= 4 is 16.4 Å². The quantitative estimate of drug-likeness (QED) is 0.572. The van der Waals surface area contributed by atoms with Crippen molar-refractivity contribution in [3.8, 4) is 0 Å². The molecule has 0 aliphatic rings. The summed E-state index contributed by atoms with van der Waals surface area (Å²) in [5, 5.41) is 0. The molecule has 0 saturated heterocycles. The number of rotatable bonds is 2. The molecule has 5 heteroatoms. The summed E-state index contributed by atoms with van der Waals surface area (Å²) in [6.07, 6.45) is 0.391. The van der Waals surface area contributed by atoms with Crippen LogP contribution in [0.2, 0.25) is 0 Å². The summed E-state index contributed by atoms with van der Waals surface area (Å²) in [7, 11) is -4.30. The van der Waals surface area contributed by atoms with E-state index in [1.807, 2.05) is 0 Å². The average molecular weight is 200 g/mol. The summed E-state index contributed by atoms with van der Waals surface area (Å²) in [6, 6.07) is 4.20. The molecule has 0 heterocycles. The molecule has 0 atom stereocenters. The van der Waals surface area contributed by atoms with Crippen LogP contribution in [0.4, 0.5) is 0 Å². The Morgan fingerprint density at radius 2 is 2.00 bits per heavy atom. The Morgan fingerprint density at radius 3 is 2.46 bits per heavy atom. The molecule has 70 valence electrons. The van der Waals surface area contributed by atoms with E-state index in [0.29, 0.717) is 11.8 Å². The minimum absolute atomic E-state index is 0.0342. The fourth-order valence-electron chi connectivity index (χ4n) is 0.962. The van der Waals surface area contributed by atoms with Gasteiger partial charge in [-0.2, -0.15) is 8.42 Å². The van der Waals surface area contributed by atoms with Crippen molar-refractivity contribution in [1.29, 1.82) is 0 Å². The molecule has 0 radical (unpaired) electrons. The maximum absolute atomic E-state index is 10.8. The van der Waals surface area contributed by atoms with Gasteiger partial charge in [-0.1, -0.05) is 12.1 Å². The lowest BCUT2D eigenvalue weighted by Crippen LogP contribution is -2.02. The highest BCUT2D eigenvalue weighted by Gasteiger charge is 2.14. The van der Waals surface area contributed by atoms with Gasteiger partial charge in [0.05, 0.1) is 0 Å². The number of carbonyl (C=O) groups is 1. The van der Waals surface area contributed by atoms with Gasteiger partial charge in [0.25, 0.3) is 10.1 Å². The van der Waals surface area contributed by atoms with Crippen molar-refractivity contribution in [1.82, 2.24) is 0 Å². The van der Waals surface area contributed by atoms with Crippen LogP contribution in [0.5, 0.6) is 0 Å². The Hall–Kier alpha value is -1.20. The van der Waals surface area contributed by atoms with Gasteiger partial charge in [-0.15, -0.1) is 0 Å². The highest BCUT2D eigenvalue weighted by atomic mass is 32.2. The van der Waals surface area contributed by atoms with Crippen LogP contribution >= 0.6 is 0 Å². The molecule has 1 rings (SSSR count). The van der Waals surface area contributed by atoms with Crippen LogP contribution in [0.25, 0.3) is 0 Å². The maximum Gasteiger partial charge on any atom is 0.295 e. The summed E-state index contributed by atoms with van der Waals surface area (Å²) in [4.78, 5) is 10.1. The molecule has 0 aromatic heterocycles. The van der Waals surface area contributed by atoms with E-state index in [4.69, 9.17) is 4.55 Å². The highest BCUT2D eigenvalue weighted by Crippen LogP contribution is 2.15. The van der Waals surface area contributed by atoms with Gasteiger partial charge in [0.15, 0.2) is 6.29 Å². The molecule has 1 aromatic carbocycles. The average Bonchev–Trinajstić information content (AvgIpc) is 2.03. The van der Waals surface area contributed by atoms with E-state index < -0.39 is 10.1 Å². The molecule has 1 aromatic rings. The smallest absolute Gasteiger partial charge is 0.295 e. The van der Waals surface area contributed by atoms with Gasteiger partial charge in [0.1, 0.15) is 4.90 Å². The summed E-state index contributed by atoms with van der Waals surface area (Å²) < 4.78 is 30.3. The Labute approximate surface area is 76.0 Å². The lowest BCUT2D eigenvalue weighted by Gasteiger charge is -2.01. The summed E-state index contributed by atoms with van der Waals surface area (Å²) in [5.41, 5.74) is 0.631. The summed E-state index contributed by atoms with van der Waals surface area (Å²) in [5.74, 6) is 0. The monoisotopic (exact) mass is 200 g/mol. The van der Waals surface area contributed by atoms with E-state index in [-0.39, 0.29) is 10.5 Å². The fourth-order valence-corrected chi connectivity index (χ4v) is 1.71. The van der Waals surface area contributed by atoms with Crippen LogP contribution in [0, 0.1) is 6.92 Å². The van der Waals surface area contributed by atoms with Crippen molar-refractivity contribution in [2.75, 3.05) is 0 Å². The van der Waals surface area contributed by atoms with Crippen LogP contribution in [0.1, 0.15) is 15.9 Å². The third-order valence-corrected chi connectivity index (χ3v) is 2.48. The summed E-state index contributed by atoms with van der Waals surface area (Å²) in [6.45, 7) is 1.67. The van der Waals surface area contributed by atoms with E-state index in [0.717, 1.165) is 0 Å². The van der Waals surface area contributed by atoms with Gasteiger partial charge in [-0.3, -0.25) is 9.35 Å². The molecule has 0 aliphatic carbocycles. The molecule has 0 saturated carbocycles. The largest absolute Gasteiger partial charge is 0.298 e. The predicted octanol–water partition coefficient (Wildman–Crippen LogP) is 1.05. The van der Waals surface area contributed by atoms with Gasteiger partial charge in [0, 0.05) is 5.56 Å². The first-order valence-electron chi connectivity index (χ1n) is 3.48. The van der Waals surface area contributed by atoms with Gasteiger partial charge >= 0.3 is 0 Å². The predicted molar refractivity (Wildman–Crippen MR) is 46.4 cm³/mol. The van der Waals surface area contributed by atoms with Crippen LogP contribution in [0.3, 0.4) is 0 Å². The van der Waals surface area contributed by atoms with E-state index in [1.165, 1.54) is 12.1 Å². The molecule has 13 heavy (non-hydrogen) atoms. The zero-order valence-corrected chi connectivity index (χ0v) is 7.71. The van der Waals surface area contributed by atoms with Crippen molar-refractivity contribution < 1.29 is 17.8 Å². The number of hydrogen-bond acceptors (Lipinski definition) is 3. The second-order valence-corrected chi connectivity index (χ2v) is 4.02. The third-order valence-electron chi connectivity index (χ3n) is 1.57. The zero-order chi connectivity index (χ0) is 10.1. The molecular formula is C8H8O4S. The number of carbonyl (C=O) groups excluding carboxylic acids is 1.